The molecule has 0 bridgehead atoms. The summed E-state index contributed by atoms with van der Waals surface area (Å²) in [6.45, 7) is 3.67. The van der Waals surface area contributed by atoms with Crippen LogP contribution >= 0.6 is 0 Å². The van der Waals surface area contributed by atoms with Crippen LogP contribution in [0.15, 0.2) is 0 Å². The Morgan fingerprint density at radius 1 is 1.20 bits per heavy atom. The van der Waals surface area contributed by atoms with Crippen molar-refractivity contribution in [1.29, 1.82) is 0 Å². The molecule has 0 unspecified atom stereocenters. The average Bonchev–Trinajstić information content (AvgIpc) is 2.95. The van der Waals surface area contributed by atoms with Crippen LogP contribution in [0.2, 0.25) is 0 Å². The molecule has 2 aliphatic carbocycles. The second kappa shape index (κ2) is 3.83. The van der Waals surface area contributed by atoms with E-state index in [4.69, 9.17) is 0 Å². The van der Waals surface area contributed by atoms with Crippen LogP contribution in [0.25, 0.3) is 0 Å². The molecule has 0 aliphatic heterocycles. The van der Waals surface area contributed by atoms with Gasteiger partial charge in [0, 0.05) is 18.0 Å². The summed E-state index contributed by atoms with van der Waals surface area (Å²) < 4.78 is 0. The molecule has 0 saturated heterocycles. The molecule has 3 amide bonds. The van der Waals surface area contributed by atoms with Crippen LogP contribution in [0, 0.1) is 5.92 Å². The molecule has 4 heteroatoms. The van der Waals surface area contributed by atoms with Crippen LogP contribution in [0.4, 0.5) is 4.79 Å². The number of nitrogens with one attached hydrogen (secondary N) is 1. The highest BCUT2D eigenvalue weighted by molar-refractivity contribution is 5.96. The summed E-state index contributed by atoms with van der Waals surface area (Å²) in [5.41, 5.74) is 0. The van der Waals surface area contributed by atoms with E-state index in [0.29, 0.717) is 6.04 Å². The molecular weight excluding hydrogens is 192 g/mol. The maximum absolute atomic E-state index is 11.8. The van der Waals surface area contributed by atoms with Gasteiger partial charge in [-0.05, 0) is 25.7 Å². The molecule has 15 heavy (non-hydrogen) atoms. The molecule has 2 aliphatic rings. The highest BCUT2D eigenvalue weighted by Crippen LogP contribution is 2.29. The minimum Gasteiger partial charge on any atom is -0.335 e. The molecule has 0 atom stereocenters. The molecular formula is C11H18N2O2. The highest BCUT2D eigenvalue weighted by atomic mass is 16.2. The van der Waals surface area contributed by atoms with E-state index >= 15 is 0 Å². The van der Waals surface area contributed by atoms with Crippen LogP contribution in [-0.4, -0.2) is 28.9 Å². The lowest BCUT2D eigenvalue weighted by molar-refractivity contribution is -0.131. The molecule has 0 aromatic rings. The topological polar surface area (TPSA) is 49.4 Å². The number of nitrogens with zero attached hydrogens (tertiary/aromatic N) is 1. The molecule has 1 N–H and O–H groups in total. The first-order valence-corrected chi connectivity index (χ1v) is 5.73. The van der Waals surface area contributed by atoms with Crippen LogP contribution in [0.3, 0.4) is 0 Å². The second-order valence-electron chi connectivity index (χ2n) is 4.82. The quantitative estimate of drug-likeness (QED) is 0.767. The molecule has 2 rings (SSSR count). The van der Waals surface area contributed by atoms with Crippen molar-refractivity contribution in [3.05, 3.63) is 0 Å². The van der Waals surface area contributed by atoms with Gasteiger partial charge in [0.2, 0.25) is 5.91 Å². The molecule has 2 fully saturated rings. The van der Waals surface area contributed by atoms with E-state index in [1.165, 1.54) is 4.90 Å². The Labute approximate surface area is 90.0 Å². The van der Waals surface area contributed by atoms with E-state index in [0.717, 1.165) is 25.7 Å². The first kappa shape index (κ1) is 10.5. The summed E-state index contributed by atoms with van der Waals surface area (Å²) in [6.07, 6.45) is 4.05. The third-order valence-corrected chi connectivity index (χ3v) is 2.77. The van der Waals surface area contributed by atoms with Gasteiger partial charge >= 0.3 is 6.03 Å². The van der Waals surface area contributed by atoms with Gasteiger partial charge in [-0.15, -0.1) is 0 Å². The zero-order valence-corrected chi connectivity index (χ0v) is 9.32. The van der Waals surface area contributed by atoms with Gasteiger partial charge in [0.15, 0.2) is 0 Å². The van der Waals surface area contributed by atoms with Crippen molar-refractivity contribution in [1.82, 2.24) is 10.2 Å². The Morgan fingerprint density at radius 2 is 1.80 bits per heavy atom. The molecule has 0 aromatic heterocycles. The maximum Gasteiger partial charge on any atom is 0.324 e. The summed E-state index contributed by atoms with van der Waals surface area (Å²) in [5, 5.41) is 2.88. The van der Waals surface area contributed by atoms with Gasteiger partial charge in [-0.1, -0.05) is 13.8 Å². The van der Waals surface area contributed by atoms with Gasteiger partial charge in [0.25, 0.3) is 0 Å². The number of hydrogen-bond acceptors (Lipinski definition) is 2. The van der Waals surface area contributed by atoms with Crippen molar-refractivity contribution in [3.8, 4) is 0 Å². The normalized spacial score (nSPS) is 20.2. The van der Waals surface area contributed by atoms with Crippen molar-refractivity contribution >= 4 is 11.9 Å². The Balaban J connectivity index is 1.97. The molecule has 2 saturated carbocycles. The second-order valence-corrected chi connectivity index (χ2v) is 4.82. The van der Waals surface area contributed by atoms with Gasteiger partial charge < -0.3 is 5.32 Å². The minimum atomic E-state index is -0.182. The third-order valence-electron chi connectivity index (χ3n) is 2.77. The zero-order valence-electron chi connectivity index (χ0n) is 9.32. The molecule has 84 valence electrons. The van der Waals surface area contributed by atoms with Crippen molar-refractivity contribution in [2.45, 2.75) is 51.6 Å². The predicted molar refractivity (Wildman–Crippen MR) is 56.3 cm³/mol. The van der Waals surface area contributed by atoms with Crippen LogP contribution < -0.4 is 5.32 Å². The van der Waals surface area contributed by atoms with E-state index in [1.807, 2.05) is 13.8 Å². The van der Waals surface area contributed by atoms with Crippen LogP contribution in [0.5, 0.6) is 0 Å². The van der Waals surface area contributed by atoms with Crippen LogP contribution in [-0.2, 0) is 4.79 Å². The Morgan fingerprint density at radius 3 is 2.20 bits per heavy atom. The van der Waals surface area contributed by atoms with Gasteiger partial charge in [-0.3, -0.25) is 9.69 Å². The van der Waals surface area contributed by atoms with Crippen LogP contribution in [0.1, 0.15) is 39.5 Å². The monoisotopic (exact) mass is 210 g/mol. The van der Waals surface area contributed by atoms with E-state index in [-0.39, 0.29) is 23.9 Å². The van der Waals surface area contributed by atoms with Crippen molar-refractivity contribution < 1.29 is 9.59 Å². The number of carbonyl (C=O) groups excluding carboxylic acids is 2. The van der Waals surface area contributed by atoms with E-state index in [2.05, 4.69) is 5.32 Å². The van der Waals surface area contributed by atoms with E-state index < -0.39 is 0 Å². The van der Waals surface area contributed by atoms with Gasteiger partial charge in [0.1, 0.15) is 0 Å². The van der Waals surface area contributed by atoms with Crippen molar-refractivity contribution in [2.24, 2.45) is 5.92 Å². The smallest absolute Gasteiger partial charge is 0.324 e. The number of carbonyl (C=O) groups is 2. The Hall–Kier alpha value is -1.06. The summed E-state index contributed by atoms with van der Waals surface area (Å²) in [7, 11) is 0. The summed E-state index contributed by atoms with van der Waals surface area (Å²) >= 11 is 0. The van der Waals surface area contributed by atoms with Gasteiger partial charge in [-0.2, -0.15) is 0 Å². The predicted octanol–water partition coefficient (Wildman–Crippen LogP) is 1.51. The Kier molecular flexibility index (Phi) is 2.67. The number of urea groups is 1. The number of imide groups is 1. The SMILES string of the molecule is CC(C)C(=O)N(C(=O)NC1CC1)C1CC1. The van der Waals surface area contributed by atoms with E-state index in [1.54, 1.807) is 0 Å². The van der Waals surface area contributed by atoms with Gasteiger partial charge in [-0.25, -0.2) is 4.79 Å². The zero-order chi connectivity index (χ0) is 11.0. The standard InChI is InChI=1S/C11H18N2O2/c1-7(2)10(14)13(9-5-6-9)11(15)12-8-3-4-8/h7-9H,3-6H2,1-2H3,(H,12,15). The molecule has 0 heterocycles. The fourth-order valence-corrected chi connectivity index (χ4v) is 1.53. The van der Waals surface area contributed by atoms with Gasteiger partial charge in [0.05, 0.1) is 0 Å². The summed E-state index contributed by atoms with van der Waals surface area (Å²) in [4.78, 5) is 25.1. The fraction of sp³-hybridized carbons (Fsp3) is 0.818. The minimum absolute atomic E-state index is 0.0457. The molecule has 0 aromatic carbocycles. The van der Waals surface area contributed by atoms with Crippen molar-refractivity contribution in [2.75, 3.05) is 0 Å². The first-order chi connectivity index (χ1) is 7.09. The number of hydrogen-bond donors (Lipinski definition) is 1. The lowest BCUT2D eigenvalue weighted by Crippen LogP contribution is -2.47. The van der Waals surface area contributed by atoms with E-state index in [9.17, 15) is 9.59 Å². The number of amides is 3. The number of rotatable bonds is 3. The molecule has 4 nitrogen and oxygen atoms in total. The lowest BCUT2D eigenvalue weighted by Gasteiger charge is -2.22. The largest absolute Gasteiger partial charge is 0.335 e. The lowest BCUT2D eigenvalue weighted by atomic mass is 10.2. The Bertz CT molecular complexity index is 280. The average molecular weight is 210 g/mol. The summed E-state index contributed by atoms with van der Waals surface area (Å²) in [6, 6.07) is 0.302. The molecule has 0 radical (unpaired) electrons. The van der Waals surface area contributed by atoms with Crippen molar-refractivity contribution in [3.63, 3.8) is 0 Å². The fourth-order valence-electron chi connectivity index (χ4n) is 1.53. The third kappa shape index (κ3) is 2.49. The molecule has 0 spiro atoms. The summed E-state index contributed by atoms with van der Waals surface area (Å²) in [5.74, 6) is -0.147. The maximum atomic E-state index is 11.8. The highest BCUT2D eigenvalue weighted by Gasteiger charge is 2.39. The first-order valence-electron chi connectivity index (χ1n) is 5.73.